The van der Waals surface area contributed by atoms with Gasteiger partial charge in [-0.3, -0.25) is 19.3 Å². The molecule has 4 N–H and O–H groups in total. The highest BCUT2D eigenvalue weighted by Gasteiger charge is 2.46. The number of rotatable bonds is 12. The lowest BCUT2D eigenvalue weighted by Gasteiger charge is -2.47. The molecule has 1 aliphatic carbocycles. The average Bonchev–Trinajstić information content (AvgIpc) is 3.44. The van der Waals surface area contributed by atoms with E-state index in [1.54, 1.807) is 13.0 Å². The molecule has 6 atom stereocenters. The molecule has 0 bridgehead atoms. The number of amides is 3. The third-order valence-electron chi connectivity index (χ3n) is 9.97. The SMILES string of the molecule is Cc1ccc(C(=O)N[C@H](C(=O)N[C@@H](Cc2ccccc2)[C@H](O)CN2C[C@H]3CCCC[C@H]3C[C@H]2C(=O)NC(C)(C)C)C(C)(C)S(C)(=O)=O)o1. The first kappa shape index (κ1) is 37.6. The van der Waals surface area contributed by atoms with Crippen LogP contribution in [0.1, 0.15) is 88.6 Å². The van der Waals surface area contributed by atoms with Crippen molar-refractivity contribution in [2.45, 2.75) is 115 Å². The zero-order chi connectivity index (χ0) is 35.4. The maximum absolute atomic E-state index is 14.1. The standard InChI is InChI=1S/C36H54N4O7S/c1-23-17-18-30(47-23)33(43)38-31(36(5,6)48(7,45)46)34(44)37-27(19-24-13-9-8-10-14-24)29(41)22-40-21-26-16-12-11-15-25(26)20-28(40)32(42)39-35(2,3)4/h8-10,13-14,17-18,25-29,31,41H,11-12,15-16,19-22H2,1-7H3,(H,37,44)(H,38,43)(H,39,42)/t25-,26+,27-,28-,29+,31+/m0/s1. The number of likely N-dealkylation sites (tertiary alicyclic amines) is 1. The second kappa shape index (κ2) is 15.1. The van der Waals surface area contributed by atoms with E-state index in [1.165, 1.54) is 19.9 Å². The number of carbonyl (C=O) groups excluding carboxylic acids is 3. The monoisotopic (exact) mass is 686 g/mol. The van der Waals surface area contributed by atoms with Crippen LogP contribution in [0.5, 0.6) is 0 Å². The van der Waals surface area contributed by atoms with Gasteiger partial charge in [-0.2, -0.15) is 0 Å². The van der Waals surface area contributed by atoms with Gasteiger partial charge in [-0.05, 0) is 90.3 Å². The summed E-state index contributed by atoms with van der Waals surface area (Å²) in [6, 6.07) is 9.62. The van der Waals surface area contributed by atoms with E-state index in [2.05, 4.69) is 20.9 Å². The number of nitrogens with zero attached hydrogens (tertiary/aromatic N) is 1. The summed E-state index contributed by atoms with van der Waals surface area (Å²) in [5.74, 6) is -0.260. The molecule has 0 radical (unpaired) electrons. The van der Waals surface area contributed by atoms with Crippen molar-refractivity contribution in [3.05, 3.63) is 59.5 Å². The van der Waals surface area contributed by atoms with E-state index < -0.39 is 56.2 Å². The first-order valence-electron chi connectivity index (χ1n) is 17.0. The number of β-amino-alcohol motifs (C(OH)–C–C–N with tert-alkyl or cyclic N) is 1. The Bertz CT molecular complexity index is 1530. The van der Waals surface area contributed by atoms with Gasteiger partial charge in [0.1, 0.15) is 11.8 Å². The normalized spacial score (nSPS) is 22.5. The number of hydrogen-bond acceptors (Lipinski definition) is 8. The molecule has 1 aliphatic heterocycles. The number of sulfone groups is 1. The van der Waals surface area contributed by atoms with Crippen molar-refractivity contribution in [1.29, 1.82) is 0 Å². The second-order valence-electron chi connectivity index (χ2n) is 15.3. The highest BCUT2D eigenvalue weighted by molar-refractivity contribution is 7.92. The van der Waals surface area contributed by atoms with Crippen LogP contribution in [0.25, 0.3) is 0 Å². The van der Waals surface area contributed by atoms with E-state index in [1.807, 2.05) is 51.1 Å². The Labute approximate surface area is 285 Å². The molecular formula is C36H54N4O7S. The van der Waals surface area contributed by atoms with E-state index in [4.69, 9.17) is 4.42 Å². The molecule has 3 amide bonds. The molecule has 2 heterocycles. The Morgan fingerprint density at radius 3 is 2.21 bits per heavy atom. The molecule has 1 aromatic carbocycles. The number of aryl methyl sites for hydroxylation is 1. The minimum Gasteiger partial charge on any atom is -0.456 e. The van der Waals surface area contributed by atoms with Crippen LogP contribution >= 0.6 is 0 Å². The zero-order valence-electron chi connectivity index (χ0n) is 29.4. The summed E-state index contributed by atoms with van der Waals surface area (Å²) in [5.41, 5.74) is 0.429. The number of nitrogens with one attached hydrogen (secondary N) is 3. The lowest BCUT2D eigenvalue weighted by atomic mass is 9.72. The number of aliphatic hydroxyl groups is 1. The van der Waals surface area contributed by atoms with Gasteiger partial charge in [-0.25, -0.2) is 8.42 Å². The molecular weight excluding hydrogens is 632 g/mol. The van der Waals surface area contributed by atoms with Crippen molar-refractivity contribution < 1.29 is 32.3 Å². The van der Waals surface area contributed by atoms with Crippen molar-refractivity contribution >= 4 is 27.6 Å². The van der Waals surface area contributed by atoms with Crippen molar-refractivity contribution in [3.8, 4) is 0 Å². The number of fused-ring (bicyclic) bond motifs is 1. The van der Waals surface area contributed by atoms with Crippen LogP contribution in [0.2, 0.25) is 0 Å². The molecule has 11 nitrogen and oxygen atoms in total. The summed E-state index contributed by atoms with van der Waals surface area (Å²) in [6.07, 6.45) is 5.31. The van der Waals surface area contributed by atoms with Crippen LogP contribution in [-0.2, 0) is 25.8 Å². The van der Waals surface area contributed by atoms with Gasteiger partial charge in [0.15, 0.2) is 15.6 Å². The van der Waals surface area contributed by atoms with Crippen molar-refractivity contribution in [2.24, 2.45) is 11.8 Å². The Morgan fingerprint density at radius 1 is 0.979 bits per heavy atom. The van der Waals surface area contributed by atoms with Gasteiger partial charge in [0.05, 0.1) is 22.9 Å². The molecule has 0 spiro atoms. The Morgan fingerprint density at radius 2 is 1.62 bits per heavy atom. The van der Waals surface area contributed by atoms with Crippen molar-refractivity contribution in [3.63, 3.8) is 0 Å². The van der Waals surface area contributed by atoms with E-state index >= 15 is 0 Å². The average molecular weight is 687 g/mol. The van der Waals surface area contributed by atoms with Gasteiger partial charge in [0.25, 0.3) is 5.91 Å². The summed E-state index contributed by atoms with van der Waals surface area (Å²) in [5, 5.41) is 20.5. The third kappa shape index (κ3) is 9.47. The minimum absolute atomic E-state index is 0.0545. The number of piperidine rings is 1. The number of carbonyl (C=O) groups is 3. The van der Waals surface area contributed by atoms with E-state index in [0.717, 1.165) is 37.5 Å². The van der Waals surface area contributed by atoms with Gasteiger partial charge < -0.3 is 25.5 Å². The van der Waals surface area contributed by atoms with E-state index in [0.29, 0.717) is 30.6 Å². The van der Waals surface area contributed by atoms with Gasteiger partial charge in [-0.1, -0.05) is 49.6 Å². The molecule has 1 aromatic heterocycles. The van der Waals surface area contributed by atoms with Crippen LogP contribution in [-0.4, -0.2) is 90.0 Å². The zero-order valence-corrected chi connectivity index (χ0v) is 30.2. The highest BCUT2D eigenvalue weighted by atomic mass is 32.2. The molecule has 2 aromatic rings. The second-order valence-corrected chi connectivity index (χ2v) is 17.9. The van der Waals surface area contributed by atoms with Gasteiger partial charge in [0.2, 0.25) is 11.8 Å². The summed E-state index contributed by atoms with van der Waals surface area (Å²) >= 11 is 0. The first-order valence-corrected chi connectivity index (χ1v) is 18.9. The molecule has 12 heteroatoms. The highest BCUT2D eigenvalue weighted by Crippen LogP contribution is 2.39. The number of furan rings is 1. The molecule has 4 rings (SSSR count). The lowest BCUT2D eigenvalue weighted by molar-refractivity contribution is -0.133. The van der Waals surface area contributed by atoms with Crippen LogP contribution in [0.4, 0.5) is 0 Å². The van der Waals surface area contributed by atoms with Crippen LogP contribution in [0.15, 0.2) is 46.9 Å². The van der Waals surface area contributed by atoms with Crippen LogP contribution in [0.3, 0.4) is 0 Å². The van der Waals surface area contributed by atoms with Gasteiger partial charge in [-0.15, -0.1) is 0 Å². The lowest BCUT2D eigenvalue weighted by Crippen LogP contribution is -2.64. The first-order chi connectivity index (χ1) is 22.4. The summed E-state index contributed by atoms with van der Waals surface area (Å²) < 4.78 is 29.6. The van der Waals surface area contributed by atoms with Gasteiger partial charge in [0, 0.05) is 24.9 Å². The van der Waals surface area contributed by atoms with Crippen LogP contribution < -0.4 is 16.0 Å². The molecule has 48 heavy (non-hydrogen) atoms. The summed E-state index contributed by atoms with van der Waals surface area (Å²) in [4.78, 5) is 43.0. The summed E-state index contributed by atoms with van der Waals surface area (Å²) in [6.45, 7) is 11.1. The topological polar surface area (TPSA) is 158 Å². The van der Waals surface area contributed by atoms with Crippen LogP contribution in [0, 0.1) is 18.8 Å². The Kier molecular flexibility index (Phi) is 11.8. The number of aliphatic hydroxyl groups excluding tert-OH is 1. The predicted molar refractivity (Wildman–Crippen MR) is 185 cm³/mol. The fourth-order valence-electron chi connectivity index (χ4n) is 6.94. The maximum atomic E-state index is 14.1. The maximum Gasteiger partial charge on any atom is 0.287 e. The minimum atomic E-state index is -3.87. The quantitative estimate of drug-likeness (QED) is 0.265. The van der Waals surface area contributed by atoms with Crippen molar-refractivity contribution in [1.82, 2.24) is 20.9 Å². The molecule has 0 unspecified atom stereocenters. The number of benzene rings is 1. The summed E-state index contributed by atoms with van der Waals surface area (Å²) in [7, 11) is -3.87. The van der Waals surface area contributed by atoms with E-state index in [-0.39, 0.29) is 24.6 Å². The Balaban J connectivity index is 1.62. The van der Waals surface area contributed by atoms with Crippen molar-refractivity contribution in [2.75, 3.05) is 19.3 Å². The smallest absolute Gasteiger partial charge is 0.287 e. The molecule has 266 valence electrons. The molecule has 1 saturated carbocycles. The molecule has 1 saturated heterocycles. The molecule has 2 fully saturated rings. The Hall–Kier alpha value is -3.22. The fraction of sp³-hybridized carbons (Fsp3) is 0.639. The third-order valence-corrected chi connectivity index (χ3v) is 12.1. The largest absolute Gasteiger partial charge is 0.456 e. The van der Waals surface area contributed by atoms with E-state index in [9.17, 15) is 27.9 Å². The predicted octanol–water partition coefficient (Wildman–Crippen LogP) is 3.39. The molecule has 2 aliphatic rings. The van der Waals surface area contributed by atoms with Gasteiger partial charge >= 0.3 is 0 Å². The fourth-order valence-corrected chi connectivity index (χ4v) is 7.53. The number of hydrogen-bond donors (Lipinski definition) is 4.